The van der Waals surface area contributed by atoms with Gasteiger partial charge in [0.15, 0.2) is 0 Å². The van der Waals surface area contributed by atoms with Crippen LogP contribution in [-0.4, -0.2) is 35.5 Å². The molecule has 0 amide bonds. The highest BCUT2D eigenvalue weighted by molar-refractivity contribution is 5.26. The van der Waals surface area contributed by atoms with Gasteiger partial charge in [-0.2, -0.15) is 31.3 Å². The molecule has 0 aromatic carbocycles. The van der Waals surface area contributed by atoms with Crippen molar-refractivity contribution in [2.45, 2.75) is 18.5 Å². The van der Waals surface area contributed by atoms with Crippen LogP contribution < -0.4 is 10.1 Å². The molecule has 0 saturated heterocycles. The summed E-state index contributed by atoms with van der Waals surface area (Å²) >= 11 is 0. The summed E-state index contributed by atoms with van der Waals surface area (Å²) in [6.07, 6.45) is -14.1. The van der Waals surface area contributed by atoms with Crippen molar-refractivity contribution in [2.75, 3.05) is 12.4 Å². The quantitative estimate of drug-likeness (QED) is 0.860. The number of nitrogens with zero attached hydrogens (tertiary/aromatic N) is 2. The maximum absolute atomic E-state index is 12.2. The molecule has 1 rings (SSSR count). The van der Waals surface area contributed by atoms with Crippen LogP contribution in [0.25, 0.3) is 0 Å². The van der Waals surface area contributed by atoms with Gasteiger partial charge in [-0.3, -0.25) is 0 Å². The Morgan fingerprint density at radius 1 is 1.17 bits per heavy atom. The lowest BCUT2D eigenvalue weighted by Gasteiger charge is -2.23. The largest absolute Gasteiger partial charge is 0.455 e. The van der Waals surface area contributed by atoms with Crippen LogP contribution in [0.3, 0.4) is 0 Å². The highest BCUT2D eigenvalue weighted by atomic mass is 19.4. The van der Waals surface area contributed by atoms with E-state index in [1.165, 1.54) is 7.05 Å². The van der Waals surface area contributed by atoms with Gasteiger partial charge in [0, 0.05) is 19.3 Å². The molecule has 0 bridgehead atoms. The van der Waals surface area contributed by atoms with Crippen molar-refractivity contribution >= 4 is 5.95 Å². The number of nitrogens with one attached hydrogen (secondary N) is 1. The molecule has 0 aliphatic rings. The van der Waals surface area contributed by atoms with Crippen LogP contribution in [0.15, 0.2) is 12.3 Å². The molecule has 0 atom stereocenters. The van der Waals surface area contributed by atoms with Crippen molar-refractivity contribution in [3.05, 3.63) is 12.3 Å². The summed E-state index contributed by atoms with van der Waals surface area (Å²) in [7, 11) is 1.35. The van der Waals surface area contributed by atoms with E-state index in [1.54, 1.807) is 0 Å². The van der Waals surface area contributed by atoms with E-state index in [4.69, 9.17) is 0 Å². The van der Waals surface area contributed by atoms with Crippen LogP contribution in [0.5, 0.6) is 5.88 Å². The maximum atomic E-state index is 12.2. The van der Waals surface area contributed by atoms with Crippen molar-refractivity contribution in [1.82, 2.24) is 9.97 Å². The Morgan fingerprint density at radius 3 is 2.17 bits per heavy atom. The van der Waals surface area contributed by atoms with Crippen LogP contribution >= 0.6 is 0 Å². The molecule has 1 heterocycles. The molecule has 4 nitrogen and oxygen atoms in total. The lowest BCUT2D eigenvalue weighted by atomic mass is 10.3. The number of alkyl halides is 6. The molecule has 18 heavy (non-hydrogen) atoms. The molecule has 0 radical (unpaired) electrons. The van der Waals surface area contributed by atoms with E-state index in [2.05, 4.69) is 20.0 Å². The number of anilines is 1. The highest BCUT2D eigenvalue weighted by Crippen LogP contribution is 2.36. The second kappa shape index (κ2) is 4.86. The summed E-state index contributed by atoms with van der Waals surface area (Å²) in [5, 5.41) is 2.35. The summed E-state index contributed by atoms with van der Waals surface area (Å²) in [5.74, 6) is -0.982. The van der Waals surface area contributed by atoms with Crippen LogP contribution in [0.1, 0.15) is 0 Å². The van der Waals surface area contributed by atoms with Crippen LogP contribution in [-0.2, 0) is 0 Å². The lowest BCUT2D eigenvalue weighted by Crippen LogP contribution is -2.46. The molecule has 1 aromatic rings. The zero-order chi connectivity index (χ0) is 14.0. The van der Waals surface area contributed by atoms with Gasteiger partial charge < -0.3 is 10.1 Å². The fourth-order valence-corrected chi connectivity index (χ4v) is 0.968. The zero-order valence-electron chi connectivity index (χ0n) is 8.80. The van der Waals surface area contributed by atoms with Crippen LogP contribution in [0.2, 0.25) is 0 Å². The van der Waals surface area contributed by atoms with Gasteiger partial charge in [-0.05, 0) is 0 Å². The number of rotatable bonds is 3. The van der Waals surface area contributed by atoms with Gasteiger partial charge >= 0.3 is 12.4 Å². The minimum absolute atomic E-state index is 0.157. The van der Waals surface area contributed by atoms with E-state index in [9.17, 15) is 26.3 Å². The molecule has 0 aliphatic carbocycles. The van der Waals surface area contributed by atoms with Gasteiger partial charge in [0.05, 0.1) is 0 Å². The normalized spacial score (nSPS) is 12.7. The Kier molecular flexibility index (Phi) is 3.87. The maximum Gasteiger partial charge on any atom is 0.434 e. The van der Waals surface area contributed by atoms with E-state index in [0.717, 1.165) is 12.3 Å². The predicted octanol–water partition coefficient (Wildman–Crippen LogP) is 2.39. The first-order chi connectivity index (χ1) is 8.14. The third-order valence-electron chi connectivity index (χ3n) is 1.69. The van der Waals surface area contributed by atoms with Crippen molar-refractivity contribution < 1.29 is 31.1 Å². The second-order valence-electron chi connectivity index (χ2n) is 3.05. The van der Waals surface area contributed by atoms with Crippen molar-refractivity contribution in [3.63, 3.8) is 0 Å². The Balaban J connectivity index is 2.97. The summed E-state index contributed by atoms with van der Waals surface area (Å²) < 4.78 is 76.9. The van der Waals surface area contributed by atoms with Crippen molar-refractivity contribution in [1.29, 1.82) is 0 Å². The standard InChI is InChI=1S/C8H7F6N3O/c1-15-6-16-3-2-4(17-6)18-5(7(9,10)11)8(12,13)14/h2-3,5H,1H3,(H,15,16,17). The number of hydrogen-bond acceptors (Lipinski definition) is 4. The average Bonchev–Trinajstić information content (AvgIpc) is 2.23. The van der Waals surface area contributed by atoms with Gasteiger partial charge in [0.2, 0.25) is 11.8 Å². The van der Waals surface area contributed by atoms with Gasteiger partial charge in [-0.15, -0.1) is 0 Å². The van der Waals surface area contributed by atoms with Crippen molar-refractivity contribution in [3.8, 4) is 5.88 Å². The van der Waals surface area contributed by atoms with E-state index in [1.807, 2.05) is 0 Å². The number of ether oxygens (including phenoxy) is 1. The predicted molar refractivity (Wildman–Crippen MR) is 48.1 cm³/mol. The monoisotopic (exact) mass is 275 g/mol. The Hall–Kier alpha value is -1.74. The van der Waals surface area contributed by atoms with E-state index in [0.29, 0.717) is 0 Å². The van der Waals surface area contributed by atoms with E-state index >= 15 is 0 Å². The van der Waals surface area contributed by atoms with Crippen LogP contribution in [0.4, 0.5) is 32.3 Å². The molecule has 10 heteroatoms. The Morgan fingerprint density at radius 2 is 1.72 bits per heavy atom. The average molecular weight is 275 g/mol. The summed E-state index contributed by atoms with van der Waals surface area (Å²) in [6.45, 7) is 0. The van der Waals surface area contributed by atoms with Crippen LogP contribution in [0, 0.1) is 0 Å². The van der Waals surface area contributed by atoms with E-state index in [-0.39, 0.29) is 5.95 Å². The topological polar surface area (TPSA) is 47.0 Å². The molecule has 0 saturated carbocycles. The van der Waals surface area contributed by atoms with Gasteiger partial charge in [-0.25, -0.2) is 4.98 Å². The molecule has 102 valence electrons. The third kappa shape index (κ3) is 3.64. The Bertz CT molecular complexity index is 391. The van der Waals surface area contributed by atoms with E-state index < -0.39 is 24.3 Å². The molecular formula is C8H7F6N3O. The summed E-state index contributed by atoms with van der Waals surface area (Å²) in [5.41, 5.74) is 0. The third-order valence-corrected chi connectivity index (χ3v) is 1.69. The molecule has 0 unspecified atom stereocenters. The van der Waals surface area contributed by atoms with Gasteiger partial charge in [0.1, 0.15) is 0 Å². The first-order valence-corrected chi connectivity index (χ1v) is 4.45. The first-order valence-electron chi connectivity index (χ1n) is 4.45. The molecule has 0 aliphatic heterocycles. The fraction of sp³-hybridized carbons (Fsp3) is 0.500. The number of halogens is 6. The number of hydrogen-bond donors (Lipinski definition) is 1. The highest BCUT2D eigenvalue weighted by Gasteiger charge is 2.59. The van der Waals surface area contributed by atoms with Crippen molar-refractivity contribution in [2.24, 2.45) is 0 Å². The zero-order valence-corrected chi connectivity index (χ0v) is 8.80. The molecule has 0 fully saturated rings. The summed E-state index contributed by atoms with van der Waals surface area (Å²) in [6, 6.07) is 0.797. The number of aromatic nitrogens is 2. The molecule has 0 spiro atoms. The van der Waals surface area contributed by atoms with Gasteiger partial charge in [-0.1, -0.05) is 0 Å². The van der Waals surface area contributed by atoms with Gasteiger partial charge in [0.25, 0.3) is 6.10 Å². The Labute approximate surface area is 97.0 Å². The molecule has 1 N–H and O–H groups in total. The molecule has 1 aromatic heterocycles. The SMILES string of the molecule is CNc1nccc(OC(C(F)(F)F)C(F)(F)F)n1. The first kappa shape index (κ1) is 14.3. The minimum atomic E-state index is -5.58. The lowest BCUT2D eigenvalue weighted by molar-refractivity contribution is -0.300. The molecular weight excluding hydrogens is 268 g/mol. The smallest absolute Gasteiger partial charge is 0.434 e. The second-order valence-corrected chi connectivity index (χ2v) is 3.05. The minimum Gasteiger partial charge on any atom is -0.455 e. The summed E-state index contributed by atoms with van der Waals surface area (Å²) in [4.78, 5) is 6.84. The fourth-order valence-electron chi connectivity index (χ4n) is 0.968.